The first-order valence-electron chi connectivity index (χ1n) is 10.7. The quantitative estimate of drug-likeness (QED) is 0.443. The van der Waals surface area contributed by atoms with Crippen molar-refractivity contribution in [3.05, 3.63) is 89.7 Å². The fraction of sp³-hybridized carbons (Fsp3) is 0.269. The lowest BCUT2D eigenvalue weighted by Gasteiger charge is -2.27. The molecule has 2 aromatic carbocycles. The van der Waals surface area contributed by atoms with E-state index in [1.807, 2.05) is 18.3 Å². The number of aromatic nitrogens is 2. The summed E-state index contributed by atoms with van der Waals surface area (Å²) in [4.78, 5) is 7.46. The summed E-state index contributed by atoms with van der Waals surface area (Å²) in [5.41, 5.74) is 13.8. The van der Waals surface area contributed by atoms with E-state index < -0.39 is 0 Å². The minimum absolute atomic E-state index is 0.395. The minimum Gasteiger partial charge on any atom is -0.398 e. The molecular formula is C26H30N4. The number of nitrogen functional groups attached to an aromatic ring is 1. The van der Waals surface area contributed by atoms with Gasteiger partial charge in [-0.2, -0.15) is 0 Å². The van der Waals surface area contributed by atoms with Crippen LogP contribution in [0.2, 0.25) is 0 Å². The second-order valence-corrected chi connectivity index (χ2v) is 8.13. The SMILES string of the molecule is CCc1ccc(-c2nc3ccc(N)cn3c2CN(Cc2ccccc2)C(C)C)cc1. The maximum absolute atomic E-state index is 6.13. The first-order valence-corrected chi connectivity index (χ1v) is 10.7. The van der Waals surface area contributed by atoms with E-state index in [1.54, 1.807) is 0 Å². The average Bonchev–Trinajstić information content (AvgIpc) is 3.11. The Morgan fingerprint density at radius 2 is 1.63 bits per heavy atom. The maximum atomic E-state index is 6.13. The van der Waals surface area contributed by atoms with Gasteiger partial charge in [0.1, 0.15) is 5.65 Å². The summed E-state index contributed by atoms with van der Waals surface area (Å²) < 4.78 is 2.15. The van der Waals surface area contributed by atoms with Crippen LogP contribution in [0, 0.1) is 0 Å². The molecule has 0 atom stereocenters. The molecule has 0 aliphatic heterocycles. The molecular weight excluding hydrogens is 368 g/mol. The lowest BCUT2D eigenvalue weighted by atomic mass is 10.1. The molecule has 2 N–H and O–H groups in total. The number of aryl methyl sites for hydroxylation is 1. The van der Waals surface area contributed by atoms with Gasteiger partial charge in [-0.05, 0) is 43.5 Å². The summed E-state index contributed by atoms with van der Waals surface area (Å²) in [6.07, 6.45) is 3.02. The van der Waals surface area contributed by atoms with Crippen molar-refractivity contribution >= 4 is 11.3 Å². The third-order valence-corrected chi connectivity index (χ3v) is 5.69. The van der Waals surface area contributed by atoms with E-state index in [2.05, 4.69) is 84.7 Å². The standard InChI is InChI=1S/C26H30N4/c1-4-20-10-12-22(13-11-20)26-24(30-17-23(27)14-15-25(30)28-26)18-29(19(2)3)16-21-8-6-5-7-9-21/h5-15,17,19H,4,16,18,27H2,1-3H3. The molecule has 0 radical (unpaired) electrons. The molecule has 4 aromatic rings. The molecule has 4 rings (SSSR count). The Labute approximate surface area is 179 Å². The normalized spacial score (nSPS) is 11.6. The topological polar surface area (TPSA) is 46.6 Å². The van der Waals surface area contributed by atoms with E-state index in [0.29, 0.717) is 6.04 Å². The van der Waals surface area contributed by atoms with Gasteiger partial charge in [-0.1, -0.05) is 61.5 Å². The molecule has 0 fully saturated rings. The van der Waals surface area contributed by atoms with Crippen LogP contribution in [0.15, 0.2) is 72.9 Å². The molecule has 2 aromatic heterocycles. The molecule has 2 heterocycles. The second-order valence-electron chi connectivity index (χ2n) is 8.13. The average molecular weight is 399 g/mol. The van der Waals surface area contributed by atoms with Gasteiger partial charge in [0.05, 0.1) is 11.4 Å². The number of pyridine rings is 1. The van der Waals surface area contributed by atoms with Crippen molar-refractivity contribution in [2.24, 2.45) is 0 Å². The van der Waals surface area contributed by atoms with E-state index >= 15 is 0 Å². The lowest BCUT2D eigenvalue weighted by Crippen LogP contribution is -2.30. The predicted molar refractivity (Wildman–Crippen MR) is 125 cm³/mol. The molecule has 0 saturated heterocycles. The predicted octanol–water partition coefficient (Wildman–Crippen LogP) is 5.56. The number of imidazole rings is 1. The lowest BCUT2D eigenvalue weighted by molar-refractivity contribution is 0.201. The summed E-state index contributed by atoms with van der Waals surface area (Å²) >= 11 is 0. The molecule has 0 bridgehead atoms. The number of benzene rings is 2. The van der Waals surface area contributed by atoms with Crippen molar-refractivity contribution in [1.82, 2.24) is 14.3 Å². The van der Waals surface area contributed by atoms with Crippen LogP contribution in [0.5, 0.6) is 0 Å². The van der Waals surface area contributed by atoms with Gasteiger partial charge < -0.3 is 10.1 Å². The maximum Gasteiger partial charge on any atom is 0.137 e. The van der Waals surface area contributed by atoms with Gasteiger partial charge in [0.15, 0.2) is 0 Å². The molecule has 4 nitrogen and oxygen atoms in total. The van der Waals surface area contributed by atoms with Gasteiger partial charge in [0, 0.05) is 36.6 Å². The van der Waals surface area contributed by atoms with Crippen molar-refractivity contribution in [3.63, 3.8) is 0 Å². The van der Waals surface area contributed by atoms with Crippen molar-refractivity contribution < 1.29 is 0 Å². The number of fused-ring (bicyclic) bond motifs is 1. The van der Waals surface area contributed by atoms with Crippen LogP contribution in [0.1, 0.15) is 37.6 Å². The molecule has 0 spiro atoms. The van der Waals surface area contributed by atoms with Gasteiger partial charge in [-0.15, -0.1) is 0 Å². The van der Waals surface area contributed by atoms with Gasteiger partial charge in [-0.3, -0.25) is 4.90 Å². The zero-order valence-corrected chi connectivity index (χ0v) is 18.0. The van der Waals surface area contributed by atoms with E-state index in [1.165, 1.54) is 16.8 Å². The first-order chi connectivity index (χ1) is 14.5. The van der Waals surface area contributed by atoms with Crippen molar-refractivity contribution in [2.75, 3.05) is 5.73 Å². The zero-order chi connectivity index (χ0) is 21.1. The number of nitrogens with two attached hydrogens (primary N) is 1. The molecule has 0 unspecified atom stereocenters. The van der Waals surface area contributed by atoms with Crippen LogP contribution in [0.3, 0.4) is 0 Å². The monoisotopic (exact) mass is 398 g/mol. The Morgan fingerprint density at radius 3 is 2.30 bits per heavy atom. The Hall–Kier alpha value is -3.11. The number of nitrogens with zero attached hydrogens (tertiary/aromatic N) is 3. The van der Waals surface area contributed by atoms with E-state index in [0.717, 1.165) is 42.1 Å². The zero-order valence-electron chi connectivity index (χ0n) is 18.0. The fourth-order valence-electron chi connectivity index (χ4n) is 3.82. The second kappa shape index (κ2) is 8.72. The Balaban J connectivity index is 1.77. The van der Waals surface area contributed by atoms with E-state index in [9.17, 15) is 0 Å². The van der Waals surface area contributed by atoms with Crippen molar-refractivity contribution in [3.8, 4) is 11.3 Å². The summed E-state index contributed by atoms with van der Waals surface area (Å²) in [5, 5.41) is 0. The van der Waals surface area contributed by atoms with Crippen LogP contribution < -0.4 is 5.73 Å². The van der Waals surface area contributed by atoms with Crippen LogP contribution in [-0.4, -0.2) is 20.3 Å². The van der Waals surface area contributed by atoms with Crippen LogP contribution in [0.25, 0.3) is 16.9 Å². The van der Waals surface area contributed by atoms with Gasteiger partial charge in [-0.25, -0.2) is 4.98 Å². The van der Waals surface area contributed by atoms with E-state index in [4.69, 9.17) is 10.7 Å². The van der Waals surface area contributed by atoms with Gasteiger partial charge in [0.25, 0.3) is 0 Å². The van der Waals surface area contributed by atoms with Crippen LogP contribution in [-0.2, 0) is 19.5 Å². The fourth-order valence-corrected chi connectivity index (χ4v) is 3.82. The summed E-state index contributed by atoms with van der Waals surface area (Å²) in [7, 11) is 0. The summed E-state index contributed by atoms with van der Waals surface area (Å²) in [6.45, 7) is 8.36. The highest BCUT2D eigenvalue weighted by Gasteiger charge is 2.19. The number of hydrogen-bond donors (Lipinski definition) is 1. The number of anilines is 1. The molecule has 0 aliphatic carbocycles. The Bertz CT molecular complexity index is 1110. The minimum atomic E-state index is 0.395. The highest BCUT2D eigenvalue weighted by molar-refractivity contribution is 5.67. The molecule has 0 amide bonds. The summed E-state index contributed by atoms with van der Waals surface area (Å²) in [5.74, 6) is 0. The Kier molecular flexibility index (Phi) is 5.86. The molecule has 0 saturated carbocycles. The summed E-state index contributed by atoms with van der Waals surface area (Å²) in [6, 6.07) is 23.7. The van der Waals surface area contributed by atoms with Gasteiger partial charge >= 0.3 is 0 Å². The van der Waals surface area contributed by atoms with Gasteiger partial charge in [0.2, 0.25) is 0 Å². The Morgan fingerprint density at radius 1 is 0.900 bits per heavy atom. The smallest absolute Gasteiger partial charge is 0.137 e. The number of rotatable bonds is 7. The third-order valence-electron chi connectivity index (χ3n) is 5.69. The third kappa shape index (κ3) is 4.24. The van der Waals surface area contributed by atoms with Crippen molar-refractivity contribution in [2.45, 2.75) is 46.3 Å². The largest absolute Gasteiger partial charge is 0.398 e. The van der Waals surface area contributed by atoms with E-state index in [-0.39, 0.29) is 0 Å². The number of hydrogen-bond acceptors (Lipinski definition) is 3. The molecule has 0 aliphatic rings. The molecule has 4 heteroatoms. The molecule has 30 heavy (non-hydrogen) atoms. The van der Waals surface area contributed by atoms with Crippen molar-refractivity contribution in [1.29, 1.82) is 0 Å². The van der Waals surface area contributed by atoms with Crippen LogP contribution in [0.4, 0.5) is 5.69 Å². The highest BCUT2D eigenvalue weighted by atomic mass is 15.2. The first kappa shape index (κ1) is 20.2. The molecule has 154 valence electrons. The van der Waals surface area contributed by atoms with Crippen LogP contribution >= 0.6 is 0 Å². The highest BCUT2D eigenvalue weighted by Crippen LogP contribution is 2.28.